The van der Waals surface area contributed by atoms with Crippen molar-refractivity contribution in [3.8, 4) is 0 Å². The van der Waals surface area contributed by atoms with Gasteiger partial charge in [0.05, 0.1) is 6.20 Å². The van der Waals surface area contributed by atoms with Crippen LogP contribution in [0, 0.1) is 0 Å². The first kappa shape index (κ1) is 24.5. The number of aromatic nitrogens is 2. The van der Waals surface area contributed by atoms with Crippen LogP contribution in [-0.4, -0.2) is 33.9 Å². The molecular weight excluding hydrogens is 454 g/mol. The molecule has 8 heteroatoms. The lowest BCUT2D eigenvalue weighted by Gasteiger charge is -2.38. The Morgan fingerprint density at radius 2 is 1.44 bits per heavy atom. The number of carbonyl (C=O) groups excluding carboxylic acids is 2. The summed E-state index contributed by atoms with van der Waals surface area (Å²) in [6, 6.07) is 30.5. The predicted octanol–water partition coefficient (Wildman–Crippen LogP) is 5.16. The van der Waals surface area contributed by atoms with E-state index in [4.69, 9.17) is 0 Å². The summed E-state index contributed by atoms with van der Waals surface area (Å²) in [5, 5.41) is 9.47. The molecule has 0 saturated heterocycles. The van der Waals surface area contributed by atoms with Crippen LogP contribution in [0.3, 0.4) is 0 Å². The lowest BCUT2D eigenvalue weighted by atomic mass is 9.77. The molecule has 0 unspecified atom stereocenters. The van der Waals surface area contributed by atoms with Crippen molar-refractivity contribution < 1.29 is 14.3 Å². The van der Waals surface area contributed by atoms with Gasteiger partial charge >= 0.3 is 12.6 Å². The number of nitrogens with one attached hydrogen (secondary N) is 2. The van der Waals surface area contributed by atoms with E-state index < -0.39 is 11.6 Å². The normalized spacial score (nSPS) is 10.9. The van der Waals surface area contributed by atoms with Crippen LogP contribution in [0.1, 0.15) is 30.0 Å². The second-order valence-electron chi connectivity index (χ2n) is 8.25. The molecule has 1 heterocycles. The molecule has 3 aromatic carbocycles. The van der Waals surface area contributed by atoms with Crippen LogP contribution in [0.25, 0.3) is 0 Å². The minimum Gasteiger partial charge on any atom is -0.377 e. The zero-order valence-electron chi connectivity index (χ0n) is 20.3. The number of anilines is 2. The number of aryl methyl sites for hydroxylation is 1. The lowest BCUT2D eigenvalue weighted by Crippen LogP contribution is -2.40. The van der Waals surface area contributed by atoms with E-state index in [1.54, 1.807) is 10.9 Å². The summed E-state index contributed by atoms with van der Waals surface area (Å²) in [6.45, 7) is 2.39. The van der Waals surface area contributed by atoms with Gasteiger partial charge in [0.15, 0.2) is 5.82 Å². The van der Waals surface area contributed by atoms with E-state index in [2.05, 4.69) is 57.0 Å². The summed E-state index contributed by atoms with van der Waals surface area (Å²) in [7, 11) is 1.83. The van der Waals surface area contributed by atoms with Gasteiger partial charge in [-0.15, -0.1) is 0 Å². The highest BCUT2D eigenvalue weighted by Crippen LogP contribution is 2.41. The molecule has 2 N–H and O–H groups in total. The van der Waals surface area contributed by atoms with Crippen LogP contribution < -0.4 is 10.7 Å². The summed E-state index contributed by atoms with van der Waals surface area (Å²) >= 11 is 0. The van der Waals surface area contributed by atoms with Gasteiger partial charge in [0.1, 0.15) is 11.2 Å². The third kappa shape index (κ3) is 4.93. The Morgan fingerprint density at radius 3 is 1.89 bits per heavy atom. The van der Waals surface area contributed by atoms with Crippen LogP contribution in [0.5, 0.6) is 0 Å². The van der Waals surface area contributed by atoms with Gasteiger partial charge in [-0.05, 0) is 23.1 Å². The van der Waals surface area contributed by atoms with E-state index >= 15 is 0 Å². The van der Waals surface area contributed by atoms with E-state index in [-0.39, 0.29) is 6.47 Å². The second-order valence-corrected chi connectivity index (χ2v) is 8.25. The van der Waals surface area contributed by atoms with Gasteiger partial charge in [0, 0.05) is 13.6 Å². The highest BCUT2D eigenvalue weighted by molar-refractivity contribution is 5.78. The van der Waals surface area contributed by atoms with Crippen molar-refractivity contribution in [3.05, 3.63) is 114 Å². The molecule has 36 heavy (non-hydrogen) atoms. The maximum atomic E-state index is 12.4. The predicted molar refractivity (Wildman–Crippen MR) is 139 cm³/mol. The Bertz CT molecular complexity index is 1180. The molecule has 1 aromatic heterocycles. The van der Waals surface area contributed by atoms with Gasteiger partial charge in [0.25, 0.3) is 0 Å². The fraction of sp³-hybridized carbons (Fsp3) is 0.179. The third-order valence-corrected chi connectivity index (χ3v) is 5.94. The molecule has 0 aliphatic carbocycles. The number of rotatable bonds is 10. The van der Waals surface area contributed by atoms with Gasteiger partial charge in [-0.3, -0.25) is 14.9 Å². The Hall–Kier alpha value is -4.59. The molecule has 4 rings (SSSR count). The summed E-state index contributed by atoms with van der Waals surface area (Å²) in [4.78, 5) is 23.1. The molecule has 4 aromatic rings. The Balaban J connectivity index is 1.87. The monoisotopic (exact) mass is 483 g/mol. The number of amides is 1. The van der Waals surface area contributed by atoms with Crippen molar-refractivity contribution in [1.29, 1.82) is 0 Å². The number of hydrazine groups is 1. The second kappa shape index (κ2) is 11.2. The van der Waals surface area contributed by atoms with E-state index in [1.165, 1.54) is 5.01 Å². The maximum Gasteiger partial charge on any atom is 0.436 e. The third-order valence-electron chi connectivity index (χ3n) is 5.94. The zero-order chi connectivity index (χ0) is 25.4. The van der Waals surface area contributed by atoms with Crippen LogP contribution in [0.15, 0.2) is 97.2 Å². The van der Waals surface area contributed by atoms with Crippen molar-refractivity contribution in [2.24, 2.45) is 7.05 Å². The SMILES string of the molecule is CCCN(Nc1cnn(C)c1NC(c1ccccc1)(c1ccccc1)c1ccccc1)C(=O)OC=O. The molecule has 0 aliphatic heterocycles. The number of hydrogen-bond donors (Lipinski definition) is 2. The number of hydrogen-bond acceptors (Lipinski definition) is 6. The van der Waals surface area contributed by atoms with Gasteiger partial charge in [-0.1, -0.05) is 97.9 Å². The number of carbonyl (C=O) groups is 2. The molecule has 0 bridgehead atoms. The fourth-order valence-corrected chi connectivity index (χ4v) is 4.29. The van der Waals surface area contributed by atoms with Gasteiger partial charge in [0.2, 0.25) is 0 Å². The highest BCUT2D eigenvalue weighted by atomic mass is 16.6. The maximum absolute atomic E-state index is 12.4. The standard InChI is InChI=1S/C28H29N5O3/c1-3-19-33(27(35)36-21-34)31-25-20-29-32(2)26(25)30-28(22-13-7-4-8-14-22,23-15-9-5-10-16-23)24-17-11-6-12-18-24/h4-18,20-21,30-31H,3,19H2,1-2H3. The van der Waals surface area contributed by atoms with Crippen LogP contribution >= 0.6 is 0 Å². The van der Waals surface area contributed by atoms with Crippen molar-refractivity contribution in [2.75, 3.05) is 17.3 Å². The molecule has 0 saturated carbocycles. The molecule has 1 amide bonds. The van der Waals surface area contributed by atoms with Crippen molar-refractivity contribution in [1.82, 2.24) is 14.8 Å². The zero-order valence-corrected chi connectivity index (χ0v) is 20.3. The molecule has 0 radical (unpaired) electrons. The summed E-state index contributed by atoms with van der Waals surface area (Å²) in [5.41, 5.74) is 5.94. The van der Waals surface area contributed by atoms with Gasteiger partial charge < -0.3 is 10.1 Å². The fourth-order valence-electron chi connectivity index (χ4n) is 4.29. The van der Waals surface area contributed by atoms with Crippen molar-refractivity contribution >= 4 is 24.1 Å². The average Bonchev–Trinajstić information content (AvgIpc) is 3.26. The Labute approximate surface area is 210 Å². The first-order chi connectivity index (χ1) is 17.6. The van der Waals surface area contributed by atoms with Crippen LogP contribution in [-0.2, 0) is 22.1 Å². The molecule has 0 spiro atoms. The first-order valence-electron chi connectivity index (χ1n) is 11.7. The smallest absolute Gasteiger partial charge is 0.377 e. The number of nitrogens with zero attached hydrogens (tertiary/aromatic N) is 3. The largest absolute Gasteiger partial charge is 0.436 e. The Kier molecular flexibility index (Phi) is 7.65. The molecule has 0 atom stereocenters. The topological polar surface area (TPSA) is 88.5 Å². The minimum atomic E-state index is -0.790. The molecule has 184 valence electrons. The summed E-state index contributed by atoms with van der Waals surface area (Å²) in [5.74, 6) is 0.645. The van der Waals surface area contributed by atoms with E-state index in [1.807, 2.05) is 68.6 Å². The van der Waals surface area contributed by atoms with Gasteiger partial charge in [-0.25, -0.2) is 9.80 Å². The quantitative estimate of drug-likeness (QED) is 0.140. The van der Waals surface area contributed by atoms with E-state index in [0.29, 0.717) is 24.5 Å². The lowest BCUT2D eigenvalue weighted by molar-refractivity contribution is -0.124. The van der Waals surface area contributed by atoms with E-state index in [0.717, 1.165) is 16.7 Å². The van der Waals surface area contributed by atoms with E-state index in [9.17, 15) is 9.59 Å². The van der Waals surface area contributed by atoms with Crippen molar-refractivity contribution in [2.45, 2.75) is 18.9 Å². The molecule has 0 aliphatic rings. The molecule has 0 fully saturated rings. The first-order valence-corrected chi connectivity index (χ1v) is 11.7. The highest BCUT2D eigenvalue weighted by Gasteiger charge is 2.38. The number of benzene rings is 3. The van der Waals surface area contributed by atoms with Crippen LogP contribution in [0.4, 0.5) is 16.3 Å². The summed E-state index contributed by atoms with van der Waals surface area (Å²) < 4.78 is 6.29. The molecule has 8 nitrogen and oxygen atoms in total. The van der Waals surface area contributed by atoms with Gasteiger partial charge in [-0.2, -0.15) is 5.10 Å². The average molecular weight is 484 g/mol. The number of ether oxygens (including phenoxy) is 1. The Morgan fingerprint density at radius 1 is 0.944 bits per heavy atom. The van der Waals surface area contributed by atoms with Crippen LogP contribution in [0.2, 0.25) is 0 Å². The minimum absolute atomic E-state index is 0.125. The summed E-state index contributed by atoms with van der Waals surface area (Å²) in [6.07, 6.45) is 1.50. The van der Waals surface area contributed by atoms with Crippen molar-refractivity contribution in [3.63, 3.8) is 0 Å². The molecular formula is C28H29N5O3.